The molecule has 27 aromatic rings. The monoisotopic (exact) mass is 1910 g/mol. The van der Waals surface area contributed by atoms with Crippen molar-refractivity contribution in [3.8, 4) is 119 Å². The van der Waals surface area contributed by atoms with Crippen LogP contribution in [0.3, 0.4) is 0 Å². The second kappa shape index (κ2) is 37.1. The summed E-state index contributed by atoms with van der Waals surface area (Å²) in [6.07, 6.45) is 13.5. The van der Waals surface area contributed by atoms with Crippen LogP contribution in [0.25, 0.3) is 235 Å². The number of nitrogens with zero attached hydrogens (tertiary/aromatic N) is 12. The zero-order chi connectivity index (χ0) is 99.1. The first kappa shape index (κ1) is 87.5. The maximum Gasteiger partial charge on any atom is 0.164 e. The van der Waals surface area contributed by atoms with Crippen molar-refractivity contribution in [1.29, 1.82) is 0 Å². The van der Waals surface area contributed by atoms with Crippen LogP contribution in [0.2, 0.25) is 0 Å². The molecule has 0 fully saturated rings. The molecular formula is C138H90N12. The molecule has 0 radical (unpaired) electrons. The molecule has 6 aromatic heterocycles. The van der Waals surface area contributed by atoms with E-state index in [-0.39, 0.29) is 0 Å². The van der Waals surface area contributed by atoms with Crippen LogP contribution < -0.4 is 14.7 Å². The largest absolute Gasteiger partial charge is 0.317 e. The molecule has 702 valence electrons. The third kappa shape index (κ3) is 15.5. The second-order valence-electron chi connectivity index (χ2n) is 38.0. The third-order valence-electron chi connectivity index (χ3n) is 29.2. The highest BCUT2D eigenvalue weighted by Gasteiger charge is 2.30. The van der Waals surface area contributed by atoms with Gasteiger partial charge in [-0.15, -0.1) is 0 Å². The van der Waals surface area contributed by atoms with Crippen molar-refractivity contribution < 1.29 is 0 Å². The van der Waals surface area contributed by atoms with Gasteiger partial charge in [0.1, 0.15) is 0 Å². The number of hydrogen-bond donors (Lipinski definition) is 0. The molecule has 0 saturated carbocycles. The van der Waals surface area contributed by atoms with Crippen LogP contribution in [0, 0.1) is 0 Å². The van der Waals surface area contributed by atoms with E-state index in [0.717, 1.165) is 124 Å². The minimum absolute atomic E-state index is 0.634. The number of para-hydroxylation sites is 6. The molecule has 0 aliphatic carbocycles. The summed E-state index contributed by atoms with van der Waals surface area (Å²) in [5.41, 5.74) is 35.1. The zero-order valence-electron chi connectivity index (χ0n) is 81.3. The van der Waals surface area contributed by atoms with Gasteiger partial charge in [0.15, 0.2) is 23.3 Å². The number of anilines is 6. The fourth-order valence-electron chi connectivity index (χ4n) is 22.5. The predicted molar refractivity (Wildman–Crippen MR) is 623 cm³/mol. The van der Waals surface area contributed by atoms with Gasteiger partial charge in [-0.3, -0.25) is 0 Å². The van der Waals surface area contributed by atoms with Crippen LogP contribution >= 0.6 is 0 Å². The first-order valence-corrected chi connectivity index (χ1v) is 50.8. The standard InChI is InChI=1S/C47H31N3.C46H30N4.C45H29N5/c1-4-14-32(15-5-1)36-29-41(33-16-6-2-7-17-33)48-42(30-36)34-18-12-22-38(28-34)50-43-24-11-10-23-39(43)47-40-26-27-49(37-20-8-3-9-21-37)44-25-13-19-35(46(40)44)31-45(47)50;1-4-14-31(15-5-1)39-30-40(32-16-6-2-7-17-32)48-46(47-39)34-19-12-22-36(28-34)50-41-24-11-10-23-37(41)45-38-26-27-49(35-20-8-3-9-21-35)42-25-13-18-33(44(38)42)29-43(45)50;1-4-14-30(15-5-1)43-46-44(31-16-6-2-7-17-31)48-45(47-43)33-19-12-22-35(28-33)50-38-24-11-10-23-36(38)42-37-26-27-49(34-20-8-3-9-21-34)39-25-13-18-32(41(37)39)29-40(42)50/h1-31H;1-30H;1-29H. The van der Waals surface area contributed by atoms with Gasteiger partial charge in [-0.1, -0.05) is 364 Å². The summed E-state index contributed by atoms with van der Waals surface area (Å²) in [5, 5.41) is 14.9. The van der Waals surface area contributed by atoms with Crippen LogP contribution in [0.5, 0.6) is 0 Å². The summed E-state index contributed by atoms with van der Waals surface area (Å²) < 4.78 is 7.20. The number of pyridine rings is 1. The molecule has 0 spiro atoms. The minimum atomic E-state index is 0.634. The van der Waals surface area contributed by atoms with Gasteiger partial charge >= 0.3 is 0 Å². The van der Waals surface area contributed by atoms with E-state index in [1.807, 2.05) is 78.9 Å². The summed E-state index contributed by atoms with van der Waals surface area (Å²) >= 11 is 0. The Kier molecular flexibility index (Phi) is 21.6. The van der Waals surface area contributed by atoms with Gasteiger partial charge in [0, 0.05) is 146 Å². The predicted octanol–water partition coefficient (Wildman–Crippen LogP) is 35.6. The molecule has 12 nitrogen and oxygen atoms in total. The maximum atomic E-state index is 5.24. The fraction of sp³-hybridized carbons (Fsp3) is 0. The Hall–Kier alpha value is -20.3. The Labute approximate surface area is 866 Å². The van der Waals surface area contributed by atoms with Crippen molar-refractivity contribution in [2.75, 3.05) is 14.7 Å². The average molecular weight is 1920 g/mol. The van der Waals surface area contributed by atoms with E-state index in [1.54, 1.807) is 0 Å². The van der Waals surface area contributed by atoms with Gasteiger partial charge in [-0.25, -0.2) is 29.9 Å². The Morgan fingerprint density at radius 3 is 0.747 bits per heavy atom. The molecule has 0 N–H and O–H groups in total. The van der Waals surface area contributed by atoms with E-state index < -0.39 is 0 Å². The molecule has 0 atom stereocenters. The van der Waals surface area contributed by atoms with Crippen LogP contribution in [0.4, 0.5) is 34.1 Å². The Morgan fingerprint density at radius 2 is 0.400 bits per heavy atom. The molecule has 0 amide bonds. The van der Waals surface area contributed by atoms with Gasteiger partial charge in [0.25, 0.3) is 0 Å². The van der Waals surface area contributed by atoms with E-state index in [4.69, 9.17) is 29.9 Å². The molecule has 3 aliphatic rings. The molecule has 0 unspecified atom stereocenters. The molecule has 0 bridgehead atoms. The summed E-state index contributed by atoms with van der Waals surface area (Å²) in [7, 11) is 0. The first-order chi connectivity index (χ1) is 74.4. The van der Waals surface area contributed by atoms with Gasteiger partial charge in [0.2, 0.25) is 0 Å². The van der Waals surface area contributed by atoms with Gasteiger partial charge in [-0.05, 0) is 208 Å². The lowest BCUT2D eigenvalue weighted by Crippen LogP contribution is -2.11. The lowest BCUT2D eigenvalue weighted by atomic mass is 9.94. The van der Waals surface area contributed by atoms with Gasteiger partial charge in [-0.2, -0.15) is 0 Å². The van der Waals surface area contributed by atoms with Crippen molar-refractivity contribution in [3.05, 3.63) is 545 Å². The zero-order valence-corrected chi connectivity index (χ0v) is 81.3. The van der Waals surface area contributed by atoms with E-state index in [0.29, 0.717) is 23.3 Å². The Balaban J connectivity index is 0.000000108. The summed E-state index contributed by atoms with van der Waals surface area (Å²) in [4.78, 5) is 37.3. The van der Waals surface area contributed by atoms with Crippen molar-refractivity contribution >= 4 is 150 Å². The third-order valence-corrected chi connectivity index (χ3v) is 29.2. The molecule has 21 aromatic carbocycles. The minimum Gasteiger partial charge on any atom is -0.317 e. The van der Waals surface area contributed by atoms with E-state index in [2.05, 4.69) is 496 Å². The Morgan fingerprint density at radius 1 is 0.147 bits per heavy atom. The molecule has 12 heteroatoms. The summed E-state index contributed by atoms with van der Waals surface area (Å²) in [6, 6.07) is 179. The SMILES string of the molecule is C1=CN(c2ccccc2)c2cccc3cc4c(c1c23)c1ccccc1n4-c1cccc(-c2cc(-c3ccccc3)cc(-c3ccccc3)n2)c1.C1=CN(c2ccccc2)c2cccc3cc4c(c1c23)c1ccccc1n4-c1cccc(-c2nc(-c3ccccc3)cc(-c3ccccc3)n2)c1.C1=CN(c2ccccc2)c2cccc3cc4c(c1c23)c1ccccc1n4-c1cccc(-c2nc(-c3ccccc3)nc(-c3ccccc3)n2)c1. The van der Waals surface area contributed by atoms with E-state index in [9.17, 15) is 0 Å². The number of aromatic nitrogens is 9. The molecule has 0 saturated heterocycles. The fourth-order valence-corrected chi connectivity index (χ4v) is 22.5. The Bertz CT molecular complexity index is 8980. The second-order valence-corrected chi connectivity index (χ2v) is 38.0. The van der Waals surface area contributed by atoms with Gasteiger partial charge < -0.3 is 28.4 Å². The highest BCUT2D eigenvalue weighted by molar-refractivity contribution is 6.26. The smallest absolute Gasteiger partial charge is 0.164 e. The molecule has 3 aliphatic heterocycles. The van der Waals surface area contributed by atoms with E-state index >= 15 is 0 Å². The number of rotatable bonds is 15. The van der Waals surface area contributed by atoms with Crippen LogP contribution in [0.15, 0.2) is 528 Å². The average Bonchev–Trinajstić information content (AvgIpc) is 1.58. The highest BCUT2D eigenvalue weighted by Crippen LogP contribution is 2.52. The van der Waals surface area contributed by atoms with Crippen molar-refractivity contribution in [3.63, 3.8) is 0 Å². The summed E-state index contributed by atoms with van der Waals surface area (Å²) in [6.45, 7) is 0. The number of benzene rings is 21. The summed E-state index contributed by atoms with van der Waals surface area (Å²) in [5.74, 6) is 2.63. The topological polar surface area (TPSA) is 102 Å². The quantitative estimate of drug-likeness (QED) is 0.0993. The van der Waals surface area contributed by atoms with Crippen molar-refractivity contribution in [2.24, 2.45) is 0 Å². The maximum absolute atomic E-state index is 5.24. The lowest BCUT2D eigenvalue weighted by molar-refractivity contribution is 1.07. The van der Waals surface area contributed by atoms with Crippen LogP contribution in [-0.4, -0.2) is 43.6 Å². The molecule has 150 heavy (non-hydrogen) atoms. The van der Waals surface area contributed by atoms with Gasteiger partial charge in [0.05, 0.1) is 72.9 Å². The van der Waals surface area contributed by atoms with Crippen molar-refractivity contribution in [2.45, 2.75) is 0 Å². The van der Waals surface area contributed by atoms with Crippen molar-refractivity contribution in [1.82, 2.24) is 43.6 Å². The highest BCUT2D eigenvalue weighted by atomic mass is 15.1. The first-order valence-electron chi connectivity index (χ1n) is 50.8. The van der Waals surface area contributed by atoms with E-state index in [1.165, 1.54) is 121 Å². The molecule has 30 rings (SSSR count). The van der Waals surface area contributed by atoms with Crippen LogP contribution in [0.1, 0.15) is 16.7 Å². The molecule has 9 heterocycles. The normalized spacial score (nSPS) is 12.3. The van der Waals surface area contributed by atoms with Crippen LogP contribution in [-0.2, 0) is 0 Å². The lowest BCUT2D eigenvalue weighted by Gasteiger charge is -2.27. The number of hydrogen-bond acceptors (Lipinski definition) is 9. The molecular weight excluding hydrogens is 1830 g/mol. The number of fused-ring (bicyclic) bond motifs is 12.